The number of nitrogen functional groups attached to an aromatic ring is 1. The minimum atomic E-state index is -4.17. The largest absolute Gasteiger partial charge is 0.394 e. The molecule has 2 rings (SSSR count). The quantitative estimate of drug-likeness (QED) is 0.814. The molecule has 20 heavy (non-hydrogen) atoms. The lowest BCUT2D eigenvalue weighted by molar-refractivity contribution is 0.547. The highest BCUT2D eigenvalue weighted by atomic mass is 32.2. The van der Waals surface area contributed by atoms with Crippen LogP contribution in [0.4, 0.5) is 14.5 Å². The Morgan fingerprint density at radius 2 is 2.00 bits per heavy atom. The molecular formula is C11H10F2N4O2S. The van der Waals surface area contributed by atoms with Crippen LogP contribution in [-0.2, 0) is 16.6 Å². The van der Waals surface area contributed by atoms with Crippen molar-refractivity contribution in [2.24, 2.45) is 0 Å². The van der Waals surface area contributed by atoms with Crippen LogP contribution >= 0.6 is 0 Å². The van der Waals surface area contributed by atoms with Crippen LogP contribution in [0.15, 0.2) is 35.4 Å². The fraction of sp³-hybridized carbons (Fsp3) is 0.0909. The summed E-state index contributed by atoms with van der Waals surface area (Å²) in [6.45, 7) is -0.174. The van der Waals surface area contributed by atoms with E-state index in [0.29, 0.717) is 5.69 Å². The van der Waals surface area contributed by atoms with Crippen LogP contribution in [0, 0.1) is 11.6 Å². The van der Waals surface area contributed by atoms with Crippen molar-refractivity contribution >= 4 is 15.7 Å². The second-order valence-corrected chi connectivity index (χ2v) is 5.55. The Hall–Kier alpha value is -2.13. The molecule has 1 aromatic heterocycles. The summed E-state index contributed by atoms with van der Waals surface area (Å²) < 4.78 is 52.6. The number of nitrogens with one attached hydrogen (secondary N) is 1. The van der Waals surface area contributed by atoms with Gasteiger partial charge in [-0.25, -0.2) is 21.9 Å². The third-order valence-electron chi connectivity index (χ3n) is 2.45. The number of rotatable bonds is 4. The number of benzene rings is 1. The lowest BCUT2D eigenvalue weighted by Crippen LogP contribution is -2.25. The third kappa shape index (κ3) is 2.89. The molecule has 106 valence electrons. The molecule has 0 aliphatic carbocycles. The van der Waals surface area contributed by atoms with Crippen molar-refractivity contribution in [3.05, 3.63) is 47.8 Å². The Bertz CT molecular complexity index is 723. The molecule has 6 nitrogen and oxygen atoms in total. The standard InChI is InChI=1S/C11H10F2N4O2S/c12-8-3-4-9(10(13)11(8)14)20(18,19)16-6-7-2-1-5-15-17-7/h1-5,16H,6,14H2. The second kappa shape index (κ2) is 5.47. The molecule has 2 aromatic rings. The molecule has 0 fully saturated rings. The summed E-state index contributed by atoms with van der Waals surface area (Å²) >= 11 is 0. The first-order valence-electron chi connectivity index (χ1n) is 5.41. The lowest BCUT2D eigenvalue weighted by Gasteiger charge is -2.08. The van der Waals surface area contributed by atoms with E-state index in [1.54, 1.807) is 12.1 Å². The molecule has 0 aliphatic heterocycles. The van der Waals surface area contributed by atoms with Gasteiger partial charge in [0.2, 0.25) is 10.0 Å². The average Bonchev–Trinajstić information content (AvgIpc) is 2.44. The highest BCUT2D eigenvalue weighted by molar-refractivity contribution is 7.89. The fourth-order valence-electron chi connectivity index (χ4n) is 1.43. The number of halogens is 2. The molecule has 1 heterocycles. The molecule has 0 spiro atoms. The van der Waals surface area contributed by atoms with E-state index in [1.165, 1.54) is 6.20 Å². The predicted molar refractivity (Wildman–Crippen MR) is 66.8 cm³/mol. The lowest BCUT2D eigenvalue weighted by atomic mass is 10.3. The van der Waals surface area contributed by atoms with Crippen LogP contribution in [-0.4, -0.2) is 18.6 Å². The van der Waals surface area contributed by atoms with E-state index in [-0.39, 0.29) is 6.54 Å². The van der Waals surface area contributed by atoms with Crippen molar-refractivity contribution in [1.82, 2.24) is 14.9 Å². The third-order valence-corrected chi connectivity index (χ3v) is 3.87. The van der Waals surface area contributed by atoms with Crippen LogP contribution in [0.1, 0.15) is 5.69 Å². The summed E-state index contributed by atoms with van der Waals surface area (Å²) in [6, 6.07) is 4.72. The Labute approximate surface area is 113 Å². The second-order valence-electron chi connectivity index (χ2n) is 3.81. The number of anilines is 1. The number of hydrogen-bond donors (Lipinski definition) is 2. The highest BCUT2D eigenvalue weighted by Gasteiger charge is 2.22. The van der Waals surface area contributed by atoms with E-state index in [2.05, 4.69) is 14.9 Å². The molecule has 1 aromatic carbocycles. The fourth-order valence-corrected chi connectivity index (χ4v) is 2.52. The molecule has 9 heteroatoms. The molecule has 0 saturated heterocycles. The van der Waals surface area contributed by atoms with Gasteiger partial charge in [-0.1, -0.05) is 0 Å². The van der Waals surface area contributed by atoms with Crippen LogP contribution in [0.2, 0.25) is 0 Å². The molecule has 3 N–H and O–H groups in total. The maximum atomic E-state index is 13.7. The van der Waals surface area contributed by atoms with Gasteiger partial charge in [-0.05, 0) is 24.3 Å². The van der Waals surface area contributed by atoms with Crippen molar-refractivity contribution < 1.29 is 17.2 Å². The Morgan fingerprint density at radius 1 is 1.25 bits per heavy atom. The molecule has 0 radical (unpaired) electrons. The van der Waals surface area contributed by atoms with Crippen LogP contribution in [0.25, 0.3) is 0 Å². The molecule has 0 amide bonds. The van der Waals surface area contributed by atoms with Gasteiger partial charge >= 0.3 is 0 Å². The highest BCUT2D eigenvalue weighted by Crippen LogP contribution is 2.22. The SMILES string of the molecule is Nc1c(F)ccc(S(=O)(=O)NCc2cccnn2)c1F. The van der Waals surface area contributed by atoms with Crippen molar-refractivity contribution in [3.8, 4) is 0 Å². The van der Waals surface area contributed by atoms with Gasteiger partial charge in [0.25, 0.3) is 0 Å². The number of nitrogens with two attached hydrogens (primary N) is 1. The number of sulfonamides is 1. The van der Waals surface area contributed by atoms with Gasteiger partial charge in [0, 0.05) is 6.20 Å². The van der Waals surface area contributed by atoms with E-state index in [9.17, 15) is 17.2 Å². The maximum Gasteiger partial charge on any atom is 0.243 e. The Morgan fingerprint density at radius 3 is 2.65 bits per heavy atom. The molecule has 0 bridgehead atoms. The minimum absolute atomic E-state index is 0.174. The minimum Gasteiger partial charge on any atom is -0.394 e. The normalized spacial score (nSPS) is 11.5. The first-order chi connectivity index (χ1) is 9.42. The van der Waals surface area contributed by atoms with Crippen molar-refractivity contribution in [2.45, 2.75) is 11.4 Å². The summed E-state index contributed by atoms with van der Waals surface area (Å²) in [5, 5.41) is 7.25. The van der Waals surface area contributed by atoms with Crippen molar-refractivity contribution in [1.29, 1.82) is 0 Å². The van der Waals surface area contributed by atoms with Crippen molar-refractivity contribution in [3.63, 3.8) is 0 Å². The van der Waals surface area contributed by atoms with E-state index in [4.69, 9.17) is 5.73 Å². The van der Waals surface area contributed by atoms with E-state index in [1.807, 2.05) is 0 Å². The van der Waals surface area contributed by atoms with E-state index >= 15 is 0 Å². The van der Waals surface area contributed by atoms with Gasteiger partial charge in [0.05, 0.1) is 12.2 Å². The monoisotopic (exact) mass is 300 g/mol. The molecule has 0 saturated carbocycles. The zero-order valence-corrected chi connectivity index (χ0v) is 10.9. The summed E-state index contributed by atoms with van der Waals surface area (Å²) in [4.78, 5) is -0.722. The summed E-state index contributed by atoms with van der Waals surface area (Å²) in [5.74, 6) is -2.34. The van der Waals surface area contributed by atoms with Gasteiger partial charge < -0.3 is 5.73 Å². The number of hydrogen-bond acceptors (Lipinski definition) is 5. The van der Waals surface area contributed by atoms with Crippen molar-refractivity contribution in [2.75, 3.05) is 5.73 Å². The maximum absolute atomic E-state index is 13.7. The zero-order chi connectivity index (χ0) is 14.8. The molecule has 0 atom stereocenters. The van der Waals surface area contributed by atoms with Gasteiger partial charge in [-0.3, -0.25) is 0 Å². The van der Waals surface area contributed by atoms with E-state index in [0.717, 1.165) is 12.1 Å². The summed E-state index contributed by atoms with van der Waals surface area (Å²) in [6.07, 6.45) is 1.43. The van der Waals surface area contributed by atoms with Gasteiger partial charge in [0.15, 0.2) is 5.82 Å². The van der Waals surface area contributed by atoms with Crippen LogP contribution in [0.3, 0.4) is 0 Å². The number of nitrogens with zero attached hydrogens (tertiary/aromatic N) is 2. The molecular weight excluding hydrogens is 290 g/mol. The summed E-state index contributed by atoms with van der Waals surface area (Å²) in [7, 11) is -4.17. The number of aromatic nitrogens is 2. The Balaban J connectivity index is 2.25. The first-order valence-corrected chi connectivity index (χ1v) is 6.90. The molecule has 0 unspecified atom stereocenters. The van der Waals surface area contributed by atoms with Gasteiger partial charge in [-0.2, -0.15) is 10.2 Å². The Kier molecular flexibility index (Phi) is 3.91. The average molecular weight is 300 g/mol. The molecule has 0 aliphatic rings. The topological polar surface area (TPSA) is 98.0 Å². The van der Waals surface area contributed by atoms with Crippen LogP contribution in [0.5, 0.6) is 0 Å². The zero-order valence-electron chi connectivity index (χ0n) is 10.0. The first kappa shape index (κ1) is 14.3. The van der Waals surface area contributed by atoms with Gasteiger partial charge in [0.1, 0.15) is 16.4 Å². The van der Waals surface area contributed by atoms with Crippen LogP contribution < -0.4 is 10.5 Å². The van der Waals surface area contributed by atoms with E-state index < -0.39 is 32.2 Å². The van der Waals surface area contributed by atoms with Gasteiger partial charge in [-0.15, -0.1) is 0 Å². The summed E-state index contributed by atoms with van der Waals surface area (Å²) in [5.41, 5.74) is 4.63. The smallest absolute Gasteiger partial charge is 0.243 e. The predicted octanol–water partition coefficient (Wildman–Crippen LogP) is 0.815.